The van der Waals surface area contributed by atoms with Crippen molar-refractivity contribution in [1.82, 2.24) is 10.6 Å². The van der Waals surface area contributed by atoms with E-state index < -0.39 is 0 Å². The molecule has 0 radical (unpaired) electrons. The van der Waals surface area contributed by atoms with Crippen molar-refractivity contribution in [3.8, 4) is 0 Å². The molecule has 0 aliphatic heterocycles. The summed E-state index contributed by atoms with van der Waals surface area (Å²) in [5, 5.41) is 6.48. The molecule has 2 N–H and O–H groups in total. The van der Waals surface area contributed by atoms with E-state index in [1.54, 1.807) is 0 Å². The number of nitrogens with one attached hydrogen (secondary N) is 2. The smallest absolute Gasteiger partial charge is 0.223 e. The Morgan fingerprint density at radius 1 is 1.31 bits per heavy atom. The van der Waals surface area contributed by atoms with Gasteiger partial charge in [-0.1, -0.05) is 26.7 Å². The fraction of sp³-hybridized carbons (Fsp3) is 0.923. The first kappa shape index (κ1) is 13.5. The highest BCUT2D eigenvalue weighted by Gasteiger charge is 2.28. The third-order valence-electron chi connectivity index (χ3n) is 3.20. The number of rotatable bonds is 9. The molecule has 1 amide bonds. The highest BCUT2D eigenvalue weighted by Crippen LogP contribution is 2.28. The molecule has 94 valence electrons. The number of hydrogen-bond acceptors (Lipinski definition) is 2. The number of carbonyl (C=O) groups is 1. The van der Waals surface area contributed by atoms with E-state index in [9.17, 15) is 4.79 Å². The molecule has 1 aliphatic rings. The zero-order valence-electron chi connectivity index (χ0n) is 10.7. The largest absolute Gasteiger partial charge is 0.355 e. The van der Waals surface area contributed by atoms with Crippen LogP contribution in [0.1, 0.15) is 52.4 Å². The Morgan fingerprint density at radius 3 is 2.62 bits per heavy atom. The van der Waals surface area contributed by atoms with Crippen LogP contribution in [0.4, 0.5) is 0 Å². The predicted molar refractivity (Wildman–Crippen MR) is 67.3 cm³/mol. The standard InChI is InChI=1S/C13H26N2O/c1-3-5-6-12(4-2)14-9-10-15-13(16)11-7-8-11/h11-12,14H,3-10H2,1-2H3,(H,15,16). The van der Waals surface area contributed by atoms with Gasteiger partial charge >= 0.3 is 0 Å². The van der Waals surface area contributed by atoms with Gasteiger partial charge in [0, 0.05) is 25.0 Å². The molecule has 16 heavy (non-hydrogen) atoms. The molecule has 3 nitrogen and oxygen atoms in total. The number of unbranched alkanes of at least 4 members (excludes halogenated alkanes) is 1. The minimum Gasteiger partial charge on any atom is -0.355 e. The second-order valence-electron chi connectivity index (χ2n) is 4.77. The van der Waals surface area contributed by atoms with Crippen molar-refractivity contribution in [1.29, 1.82) is 0 Å². The van der Waals surface area contributed by atoms with Gasteiger partial charge in [0.25, 0.3) is 0 Å². The molecular formula is C13H26N2O. The summed E-state index contributed by atoms with van der Waals surface area (Å²) < 4.78 is 0. The summed E-state index contributed by atoms with van der Waals surface area (Å²) in [6, 6.07) is 0.623. The normalized spacial score (nSPS) is 17.1. The molecule has 1 rings (SSSR count). The maximum Gasteiger partial charge on any atom is 0.223 e. The van der Waals surface area contributed by atoms with Gasteiger partial charge in [-0.15, -0.1) is 0 Å². The molecule has 0 aromatic carbocycles. The summed E-state index contributed by atoms with van der Waals surface area (Å²) in [6.45, 7) is 6.12. The van der Waals surface area contributed by atoms with Crippen LogP contribution >= 0.6 is 0 Å². The highest BCUT2D eigenvalue weighted by molar-refractivity contribution is 5.80. The Labute approximate surface area is 99.4 Å². The van der Waals surface area contributed by atoms with E-state index in [0.29, 0.717) is 12.0 Å². The summed E-state index contributed by atoms with van der Waals surface area (Å²) in [5.41, 5.74) is 0. The molecule has 0 saturated heterocycles. The van der Waals surface area contributed by atoms with Gasteiger partial charge in [-0.3, -0.25) is 4.79 Å². The molecule has 0 spiro atoms. The van der Waals surface area contributed by atoms with Crippen molar-refractivity contribution in [2.75, 3.05) is 13.1 Å². The predicted octanol–water partition coefficient (Wildman–Crippen LogP) is 2.07. The third kappa shape index (κ3) is 5.50. The van der Waals surface area contributed by atoms with Gasteiger partial charge in [0.1, 0.15) is 0 Å². The highest BCUT2D eigenvalue weighted by atomic mass is 16.2. The summed E-state index contributed by atoms with van der Waals surface area (Å²) in [5.74, 6) is 0.588. The van der Waals surface area contributed by atoms with E-state index in [-0.39, 0.29) is 5.91 Å². The summed E-state index contributed by atoms with van der Waals surface area (Å²) in [6.07, 6.45) is 7.16. The van der Waals surface area contributed by atoms with Crippen LogP contribution in [0.15, 0.2) is 0 Å². The zero-order valence-corrected chi connectivity index (χ0v) is 10.7. The van der Waals surface area contributed by atoms with Crippen molar-refractivity contribution in [3.63, 3.8) is 0 Å². The Balaban J connectivity index is 1.96. The van der Waals surface area contributed by atoms with E-state index in [1.807, 2.05) is 0 Å². The minimum absolute atomic E-state index is 0.253. The lowest BCUT2D eigenvalue weighted by Gasteiger charge is -2.16. The van der Waals surface area contributed by atoms with Crippen molar-refractivity contribution in [2.45, 2.75) is 58.4 Å². The van der Waals surface area contributed by atoms with E-state index in [0.717, 1.165) is 25.9 Å². The minimum atomic E-state index is 0.253. The van der Waals surface area contributed by atoms with Gasteiger partial charge in [-0.25, -0.2) is 0 Å². The van der Waals surface area contributed by atoms with Crippen LogP contribution in [-0.4, -0.2) is 25.0 Å². The fourth-order valence-corrected chi connectivity index (χ4v) is 1.85. The third-order valence-corrected chi connectivity index (χ3v) is 3.20. The van der Waals surface area contributed by atoms with E-state index in [1.165, 1.54) is 25.7 Å². The number of carbonyl (C=O) groups excluding carboxylic acids is 1. The lowest BCUT2D eigenvalue weighted by molar-refractivity contribution is -0.122. The van der Waals surface area contributed by atoms with Crippen LogP contribution in [0.5, 0.6) is 0 Å². The monoisotopic (exact) mass is 226 g/mol. The Hall–Kier alpha value is -0.570. The van der Waals surface area contributed by atoms with Crippen molar-refractivity contribution >= 4 is 5.91 Å². The van der Waals surface area contributed by atoms with Crippen molar-refractivity contribution < 1.29 is 4.79 Å². The SMILES string of the molecule is CCCCC(CC)NCCNC(=O)C1CC1. The topological polar surface area (TPSA) is 41.1 Å². The van der Waals surface area contributed by atoms with Gasteiger partial charge in [0.15, 0.2) is 0 Å². The van der Waals surface area contributed by atoms with Crippen LogP contribution in [0.25, 0.3) is 0 Å². The Bertz CT molecular complexity index is 202. The Morgan fingerprint density at radius 2 is 2.06 bits per heavy atom. The molecule has 1 unspecified atom stereocenters. The number of amides is 1. The van der Waals surface area contributed by atoms with Crippen LogP contribution < -0.4 is 10.6 Å². The molecule has 0 heterocycles. The average molecular weight is 226 g/mol. The van der Waals surface area contributed by atoms with Gasteiger partial charge in [0.2, 0.25) is 5.91 Å². The van der Waals surface area contributed by atoms with Crippen molar-refractivity contribution in [2.24, 2.45) is 5.92 Å². The second kappa shape index (κ2) is 7.66. The summed E-state index contributed by atoms with van der Waals surface area (Å²) in [7, 11) is 0. The lowest BCUT2D eigenvalue weighted by atomic mass is 10.1. The van der Waals surface area contributed by atoms with Crippen LogP contribution in [0.3, 0.4) is 0 Å². The van der Waals surface area contributed by atoms with E-state index in [2.05, 4.69) is 24.5 Å². The van der Waals surface area contributed by atoms with Gasteiger partial charge in [-0.2, -0.15) is 0 Å². The average Bonchev–Trinajstić information content (AvgIpc) is 3.11. The maximum absolute atomic E-state index is 11.4. The summed E-state index contributed by atoms with van der Waals surface area (Å²) in [4.78, 5) is 11.4. The quantitative estimate of drug-likeness (QED) is 0.591. The Kier molecular flexibility index (Phi) is 6.46. The first-order chi connectivity index (χ1) is 7.77. The number of hydrogen-bond donors (Lipinski definition) is 2. The molecule has 0 aromatic rings. The van der Waals surface area contributed by atoms with Gasteiger partial charge < -0.3 is 10.6 Å². The fourth-order valence-electron chi connectivity index (χ4n) is 1.85. The van der Waals surface area contributed by atoms with E-state index >= 15 is 0 Å². The second-order valence-corrected chi connectivity index (χ2v) is 4.77. The maximum atomic E-state index is 11.4. The molecule has 0 aromatic heterocycles. The van der Waals surface area contributed by atoms with E-state index in [4.69, 9.17) is 0 Å². The van der Waals surface area contributed by atoms with Crippen LogP contribution in [0, 0.1) is 5.92 Å². The first-order valence-corrected chi connectivity index (χ1v) is 6.79. The summed E-state index contributed by atoms with van der Waals surface area (Å²) >= 11 is 0. The van der Waals surface area contributed by atoms with Gasteiger partial charge in [0.05, 0.1) is 0 Å². The molecule has 1 fully saturated rings. The molecule has 1 saturated carbocycles. The molecular weight excluding hydrogens is 200 g/mol. The van der Waals surface area contributed by atoms with Crippen LogP contribution in [0.2, 0.25) is 0 Å². The van der Waals surface area contributed by atoms with Crippen molar-refractivity contribution in [3.05, 3.63) is 0 Å². The molecule has 3 heteroatoms. The lowest BCUT2D eigenvalue weighted by Crippen LogP contribution is -2.37. The molecule has 1 aliphatic carbocycles. The first-order valence-electron chi connectivity index (χ1n) is 6.79. The van der Waals surface area contributed by atoms with Gasteiger partial charge in [-0.05, 0) is 25.7 Å². The van der Waals surface area contributed by atoms with Crippen LogP contribution in [-0.2, 0) is 4.79 Å². The zero-order chi connectivity index (χ0) is 11.8. The molecule has 0 bridgehead atoms. The molecule has 1 atom stereocenters.